The number of hydrogen-bond acceptors (Lipinski definition) is 6. The summed E-state index contributed by atoms with van der Waals surface area (Å²) in [4.78, 5) is 17.2. The molecule has 24 heavy (non-hydrogen) atoms. The van der Waals surface area contributed by atoms with Gasteiger partial charge in [-0.1, -0.05) is 30.4 Å². The average molecular weight is 342 g/mol. The van der Waals surface area contributed by atoms with E-state index in [1.165, 1.54) is 27.0 Å². The maximum atomic E-state index is 12.1. The molecule has 3 aromatic rings. The lowest BCUT2D eigenvalue weighted by Gasteiger charge is -2.13. The second-order valence-corrected chi connectivity index (χ2v) is 6.76. The van der Waals surface area contributed by atoms with Crippen LogP contribution in [0.5, 0.6) is 5.75 Å². The topological polar surface area (TPSA) is 68.5 Å². The molecular formula is C17H18N4O2S. The van der Waals surface area contributed by atoms with Gasteiger partial charge in [0.1, 0.15) is 5.75 Å². The highest BCUT2D eigenvalue weighted by Gasteiger charge is 2.26. The van der Waals surface area contributed by atoms with E-state index in [0.29, 0.717) is 10.1 Å². The first-order chi connectivity index (χ1) is 11.7. The number of fused-ring (bicyclic) bond motifs is 2. The van der Waals surface area contributed by atoms with E-state index >= 15 is 0 Å². The smallest absolute Gasteiger partial charge is 0.275 e. The molecule has 0 radical (unpaired) electrons. The second kappa shape index (κ2) is 5.90. The van der Waals surface area contributed by atoms with Crippen molar-refractivity contribution in [2.75, 3.05) is 12.4 Å². The highest BCUT2D eigenvalue weighted by Crippen LogP contribution is 2.39. The molecule has 0 spiro atoms. The molecule has 0 bridgehead atoms. The van der Waals surface area contributed by atoms with Crippen molar-refractivity contribution in [3.8, 4) is 5.75 Å². The number of aryl methyl sites for hydroxylation is 1. The van der Waals surface area contributed by atoms with Crippen molar-refractivity contribution in [2.45, 2.75) is 32.2 Å². The largest absolute Gasteiger partial charge is 0.496 e. The van der Waals surface area contributed by atoms with Crippen LogP contribution >= 0.6 is 11.3 Å². The van der Waals surface area contributed by atoms with Crippen LogP contribution in [0, 0.1) is 0 Å². The van der Waals surface area contributed by atoms with Crippen molar-refractivity contribution in [3.05, 3.63) is 51.4 Å². The van der Waals surface area contributed by atoms with Gasteiger partial charge in [-0.2, -0.15) is 4.52 Å². The zero-order chi connectivity index (χ0) is 16.7. The summed E-state index contributed by atoms with van der Waals surface area (Å²) in [6, 6.07) is 7.85. The fourth-order valence-electron chi connectivity index (χ4n) is 3.21. The lowest BCUT2D eigenvalue weighted by Crippen LogP contribution is -2.15. The Morgan fingerprint density at radius 1 is 1.46 bits per heavy atom. The average Bonchev–Trinajstić information content (AvgIpc) is 3.19. The Bertz CT molecular complexity index is 963. The minimum atomic E-state index is -0.130. The summed E-state index contributed by atoms with van der Waals surface area (Å²) in [5.74, 6) is 0.937. The van der Waals surface area contributed by atoms with E-state index in [1.54, 1.807) is 13.2 Å². The van der Waals surface area contributed by atoms with Crippen LogP contribution < -0.4 is 15.6 Å². The molecule has 1 aromatic carbocycles. The van der Waals surface area contributed by atoms with Gasteiger partial charge in [0.15, 0.2) is 0 Å². The number of anilines is 1. The summed E-state index contributed by atoms with van der Waals surface area (Å²) < 4.78 is 6.82. The van der Waals surface area contributed by atoms with Crippen molar-refractivity contribution in [1.82, 2.24) is 14.6 Å². The molecule has 1 atom stereocenters. The van der Waals surface area contributed by atoms with Gasteiger partial charge in [-0.3, -0.25) is 4.79 Å². The van der Waals surface area contributed by atoms with E-state index in [1.807, 2.05) is 19.1 Å². The van der Waals surface area contributed by atoms with Gasteiger partial charge in [0, 0.05) is 11.8 Å². The number of aromatic nitrogens is 3. The van der Waals surface area contributed by atoms with Crippen molar-refractivity contribution in [1.29, 1.82) is 0 Å². The van der Waals surface area contributed by atoms with Crippen LogP contribution in [0.3, 0.4) is 0 Å². The van der Waals surface area contributed by atoms with E-state index in [-0.39, 0.29) is 11.6 Å². The van der Waals surface area contributed by atoms with Crippen LogP contribution in [0.1, 0.15) is 36.2 Å². The highest BCUT2D eigenvalue weighted by molar-refractivity contribution is 7.20. The number of ether oxygens (including phenoxy) is 1. The molecule has 0 saturated heterocycles. The van der Waals surface area contributed by atoms with Gasteiger partial charge >= 0.3 is 0 Å². The first-order valence-corrected chi connectivity index (χ1v) is 8.83. The van der Waals surface area contributed by atoms with Crippen LogP contribution in [-0.4, -0.2) is 21.7 Å². The molecule has 7 heteroatoms. The molecule has 1 unspecified atom stereocenters. The third-order valence-electron chi connectivity index (χ3n) is 4.41. The summed E-state index contributed by atoms with van der Waals surface area (Å²) >= 11 is 1.41. The quantitative estimate of drug-likeness (QED) is 0.790. The number of rotatable bonds is 4. The molecule has 2 aromatic heterocycles. The first-order valence-electron chi connectivity index (χ1n) is 8.01. The summed E-state index contributed by atoms with van der Waals surface area (Å²) in [5, 5.41) is 8.56. The normalized spacial score (nSPS) is 16.3. The number of methoxy groups -OCH3 is 1. The predicted molar refractivity (Wildman–Crippen MR) is 94.2 cm³/mol. The van der Waals surface area contributed by atoms with Gasteiger partial charge in [-0.05, 0) is 36.5 Å². The summed E-state index contributed by atoms with van der Waals surface area (Å²) in [6.07, 6.45) is 2.69. The Balaban J connectivity index is 1.67. The summed E-state index contributed by atoms with van der Waals surface area (Å²) in [7, 11) is 1.70. The maximum absolute atomic E-state index is 12.1. The molecule has 0 amide bonds. The molecule has 4 rings (SSSR count). The van der Waals surface area contributed by atoms with Crippen LogP contribution in [0.15, 0.2) is 29.1 Å². The van der Waals surface area contributed by atoms with Crippen LogP contribution in [0.2, 0.25) is 0 Å². The Hall–Kier alpha value is -2.41. The highest BCUT2D eigenvalue weighted by atomic mass is 32.1. The standard InChI is InChI=1S/C17H18N4O2S/c1-3-10-9-15(22)21-17(18-10)24-16(20-21)19-13-8-7-12-11(13)5-4-6-14(12)23-2/h4-6,9,13H,3,7-8H2,1-2H3,(H,19,20). The van der Waals surface area contributed by atoms with E-state index in [2.05, 4.69) is 21.5 Å². The zero-order valence-corrected chi connectivity index (χ0v) is 14.4. The Labute approximate surface area is 143 Å². The number of hydrogen-bond donors (Lipinski definition) is 1. The molecule has 124 valence electrons. The number of nitrogens with zero attached hydrogens (tertiary/aromatic N) is 3. The molecule has 1 aliphatic rings. The van der Waals surface area contributed by atoms with Gasteiger partial charge < -0.3 is 10.1 Å². The minimum Gasteiger partial charge on any atom is -0.496 e. The van der Waals surface area contributed by atoms with Gasteiger partial charge in [0.05, 0.1) is 13.2 Å². The van der Waals surface area contributed by atoms with Crippen molar-refractivity contribution in [2.24, 2.45) is 0 Å². The molecule has 1 N–H and O–H groups in total. The molecule has 1 aliphatic carbocycles. The Morgan fingerprint density at radius 3 is 3.12 bits per heavy atom. The monoisotopic (exact) mass is 342 g/mol. The fourth-order valence-corrected chi connectivity index (χ4v) is 4.08. The lowest BCUT2D eigenvalue weighted by atomic mass is 10.1. The fraction of sp³-hybridized carbons (Fsp3) is 0.353. The Morgan fingerprint density at radius 2 is 2.33 bits per heavy atom. The lowest BCUT2D eigenvalue weighted by molar-refractivity contribution is 0.410. The van der Waals surface area contributed by atoms with E-state index in [0.717, 1.165) is 30.7 Å². The van der Waals surface area contributed by atoms with Gasteiger partial charge in [0.25, 0.3) is 5.56 Å². The van der Waals surface area contributed by atoms with E-state index in [4.69, 9.17) is 4.74 Å². The van der Waals surface area contributed by atoms with Crippen molar-refractivity contribution >= 4 is 21.4 Å². The van der Waals surface area contributed by atoms with Crippen LogP contribution in [-0.2, 0) is 12.8 Å². The van der Waals surface area contributed by atoms with E-state index in [9.17, 15) is 4.79 Å². The second-order valence-electron chi connectivity index (χ2n) is 5.80. The van der Waals surface area contributed by atoms with Gasteiger partial charge in [-0.15, -0.1) is 5.10 Å². The van der Waals surface area contributed by atoms with Crippen molar-refractivity contribution < 1.29 is 4.74 Å². The summed E-state index contributed by atoms with van der Waals surface area (Å²) in [6.45, 7) is 1.99. The zero-order valence-electron chi connectivity index (χ0n) is 13.6. The molecule has 6 nitrogen and oxygen atoms in total. The molecule has 0 saturated carbocycles. The first kappa shape index (κ1) is 15.1. The minimum absolute atomic E-state index is 0.130. The third kappa shape index (κ3) is 2.45. The molecular weight excluding hydrogens is 324 g/mol. The SMILES string of the molecule is CCc1cc(=O)n2nc(NC3CCc4c(OC)cccc43)sc2n1. The summed E-state index contributed by atoms with van der Waals surface area (Å²) in [5.41, 5.74) is 3.16. The third-order valence-corrected chi connectivity index (χ3v) is 5.25. The number of nitrogens with one attached hydrogen (secondary N) is 1. The van der Waals surface area contributed by atoms with Crippen LogP contribution in [0.4, 0.5) is 5.13 Å². The predicted octanol–water partition coefficient (Wildman–Crippen LogP) is 2.82. The molecule has 0 aliphatic heterocycles. The van der Waals surface area contributed by atoms with Crippen LogP contribution in [0.25, 0.3) is 4.96 Å². The molecule has 2 heterocycles. The molecule has 0 fully saturated rings. The van der Waals surface area contributed by atoms with E-state index < -0.39 is 0 Å². The van der Waals surface area contributed by atoms with Crippen molar-refractivity contribution in [3.63, 3.8) is 0 Å². The Kier molecular flexibility index (Phi) is 3.72. The number of benzene rings is 1. The van der Waals surface area contributed by atoms with Gasteiger partial charge in [-0.25, -0.2) is 4.98 Å². The van der Waals surface area contributed by atoms with Gasteiger partial charge in [0.2, 0.25) is 10.1 Å². The maximum Gasteiger partial charge on any atom is 0.275 e.